The topological polar surface area (TPSA) is 56.3 Å². The Balaban J connectivity index is 2.50. The number of pyridine rings is 1. The zero-order chi connectivity index (χ0) is 13.8. The molecule has 0 amide bonds. The lowest BCUT2D eigenvalue weighted by atomic mass is 10.1. The van der Waals surface area contributed by atoms with Crippen molar-refractivity contribution in [2.75, 3.05) is 13.4 Å². The molecule has 1 aromatic heterocycles. The number of nitrogens with zero attached hydrogens (tertiary/aromatic N) is 1. The maximum atomic E-state index is 11.3. The fraction of sp³-hybridized carbons (Fsp3) is 0.143. The first kappa shape index (κ1) is 13.4. The summed E-state index contributed by atoms with van der Waals surface area (Å²) in [6.07, 6.45) is 2.32. The van der Waals surface area contributed by atoms with E-state index in [4.69, 9.17) is 4.74 Å². The van der Waals surface area contributed by atoms with Gasteiger partial charge in [-0.2, -0.15) is 0 Å². The molecule has 0 N–H and O–H groups in total. The molecule has 1 unspecified atom stereocenters. The van der Waals surface area contributed by atoms with E-state index in [-0.39, 0.29) is 0 Å². The highest BCUT2D eigenvalue weighted by Gasteiger charge is 2.09. The first-order valence-electron chi connectivity index (χ1n) is 5.60. The predicted molar refractivity (Wildman–Crippen MR) is 73.9 cm³/mol. The Morgan fingerprint density at radius 3 is 2.37 bits per heavy atom. The predicted octanol–water partition coefficient (Wildman–Crippen LogP) is 2.31. The Bertz CT molecular complexity index is 623. The molecule has 0 bridgehead atoms. The smallest absolute Gasteiger partial charge is 0.168 e. The van der Waals surface area contributed by atoms with Crippen LogP contribution in [0.1, 0.15) is 10.5 Å². The van der Waals surface area contributed by atoms with Gasteiger partial charge in [0.15, 0.2) is 6.29 Å². The Morgan fingerprint density at radius 1 is 1.16 bits per heavy atom. The zero-order valence-electron chi connectivity index (χ0n) is 10.6. The molecular formula is C14H13NO3S. The van der Waals surface area contributed by atoms with E-state index in [2.05, 4.69) is 4.98 Å². The molecule has 2 aromatic rings. The van der Waals surface area contributed by atoms with Crippen LogP contribution in [-0.4, -0.2) is 28.8 Å². The van der Waals surface area contributed by atoms with E-state index in [9.17, 15) is 9.00 Å². The van der Waals surface area contributed by atoms with Gasteiger partial charge >= 0.3 is 0 Å². The van der Waals surface area contributed by atoms with Crippen molar-refractivity contribution in [1.82, 2.24) is 4.98 Å². The fourth-order valence-electron chi connectivity index (χ4n) is 1.70. The molecule has 0 radical (unpaired) electrons. The summed E-state index contributed by atoms with van der Waals surface area (Å²) in [6, 6.07) is 10.5. The second-order valence-electron chi connectivity index (χ2n) is 3.88. The number of methoxy groups -OCH3 is 1. The molecule has 0 aliphatic rings. The quantitative estimate of drug-likeness (QED) is 0.803. The second-order valence-corrected chi connectivity index (χ2v) is 5.26. The van der Waals surface area contributed by atoms with E-state index < -0.39 is 10.8 Å². The minimum atomic E-state index is -1.01. The molecule has 2 rings (SSSR count). The van der Waals surface area contributed by atoms with Crippen LogP contribution >= 0.6 is 0 Å². The van der Waals surface area contributed by atoms with Crippen LogP contribution in [0.3, 0.4) is 0 Å². The minimum Gasteiger partial charge on any atom is -0.494 e. The summed E-state index contributed by atoms with van der Waals surface area (Å²) in [7, 11) is 0.538. The molecule has 98 valence electrons. The first-order valence-corrected chi connectivity index (χ1v) is 7.15. The lowest BCUT2D eigenvalue weighted by Crippen LogP contribution is -1.95. The van der Waals surface area contributed by atoms with Gasteiger partial charge in [0, 0.05) is 27.5 Å². The van der Waals surface area contributed by atoms with Crippen LogP contribution in [0.5, 0.6) is 5.75 Å². The van der Waals surface area contributed by atoms with E-state index in [0.29, 0.717) is 23.4 Å². The fourth-order valence-corrected chi connectivity index (χ4v) is 2.22. The summed E-state index contributed by atoms with van der Waals surface area (Å²) in [5, 5.41) is 0. The summed E-state index contributed by atoms with van der Waals surface area (Å²) in [5.74, 6) is 0.593. The van der Waals surface area contributed by atoms with Crippen LogP contribution in [0.15, 0.2) is 41.3 Å². The number of benzene rings is 1. The molecule has 0 saturated carbocycles. The highest BCUT2D eigenvalue weighted by molar-refractivity contribution is 7.84. The molecule has 0 aliphatic heterocycles. The zero-order valence-corrected chi connectivity index (χ0v) is 11.4. The van der Waals surface area contributed by atoms with Crippen LogP contribution in [0.4, 0.5) is 0 Å². The largest absolute Gasteiger partial charge is 0.494 e. The first-order chi connectivity index (χ1) is 9.15. The monoisotopic (exact) mass is 275 g/mol. The van der Waals surface area contributed by atoms with Gasteiger partial charge in [0.1, 0.15) is 17.1 Å². The molecule has 1 aromatic carbocycles. The molecule has 1 atom stereocenters. The summed E-state index contributed by atoms with van der Waals surface area (Å²) >= 11 is 0. The molecule has 0 spiro atoms. The number of aldehydes is 1. The van der Waals surface area contributed by atoms with Gasteiger partial charge in [-0.25, -0.2) is 4.98 Å². The number of hydrogen-bond acceptors (Lipinski definition) is 4. The third-order valence-electron chi connectivity index (χ3n) is 2.68. The van der Waals surface area contributed by atoms with Gasteiger partial charge in [0.05, 0.1) is 7.11 Å². The Labute approximate surface area is 113 Å². The van der Waals surface area contributed by atoms with Gasteiger partial charge in [-0.15, -0.1) is 0 Å². The highest BCUT2D eigenvalue weighted by atomic mass is 32.2. The van der Waals surface area contributed by atoms with Gasteiger partial charge in [0.25, 0.3) is 0 Å². The summed E-state index contributed by atoms with van der Waals surface area (Å²) in [5.41, 5.74) is 1.76. The molecule has 19 heavy (non-hydrogen) atoms. The van der Waals surface area contributed by atoms with Crippen LogP contribution in [0, 0.1) is 0 Å². The van der Waals surface area contributed by atoms with Crippen molar-refractivity contribution < 1.29 is 13.7 Å². The summed E-state index contributed by atoms with van der Waals surface area (Å²) in [6.45, 7) is 0. The molecule has 0 fully saturated rings. The number of carbonyl (C=O) groups excluding carboxylic acids is 1. The van der Waals surface area contributed by atoms with Crippen molar-refractivity contribution in [3.63, 3.8) is 0 Å². The van der Waals surface area contributed by atoms with E-state index in [1.54, 1.807) is 37.6 Å². The van der Waals surface area contributed by atoms with E-state index >= 15 is 0 Å². The van der Waals surface area contributed by atoms with Gasteiger partial charge in [-0.1, -0.05) is 12.1 Å². The average Bonchev–Trinajstić information content (AvgIpc) is 2.46. The van der Waals surface area contributed by atoms with Crippen molar-refractivity contribution in [2.24, 2.45) is 0 Å². The maximum Gasteiger partial charge on any atom is 0.168 e. The third kappa shape index (κ3) is 2.88. The molecule has 0 aliphatic carbocycles. The number of ether oxygens (including phenoxy) is 1. The van der Waals surface area contributed by atoms with Crippen molar-refractivity contribution in [3.05, 3.63) is 42.1 Å². The highest BCUT2D eigenvalue weighted by Crippen LogP contribution is 2.28. The van der Waals surface area contributed by atoms with E-state index in [0.717, 1.165) is 10.5 Å². The Kier molecular flexibility index (Phi) is 4.06. The number of aromatic nitrogens is 1. The van der Waals surface area contributed by atoms with E-state index in [1.807, 2.05) is 12.1 Å². The van der Waals surface area contributed by atoms with Crippen molar-refractivity contribution in [1.29, 1.82) is 0 Å². The van der Waals surface area contributed by atoms with Crippen molar-refractivity contribution in [3.8, 4) is 17.0 Å². The SMILES string of the molecule is COc1ccc(C=O)nc1-c1ccc(S(C)=O)cc1. The minimum absolute atomic E-state index is 0.346. The van der Waals surface area contributed by atoms with Crippen molar-refractivity contribution >= 4 is 17.1 Å². The van der Waals surface area contributed by atoms with Crippen LogP contribution in [0.2, 0.25) is 0 Å². The van der Waals surface area contributed by atoms with Crippen molar-refractivity contribution in [2.45, 2.75) is 4.90 Å². The van der Waals surface area contributed by atoms with Crippen LogP contribution in [-0.2, 0) is 10.8 Å². The summed E-state index contributed by atoms with van der Waals surface area (Å²) < 4.78 is 16.6. The van der Waals surface area contributed by atoms with Gasteiger partial charge < -0.3 is 4.74 Å². The van der Waals surface area contributed by atoms with Gasteiger partial charge in [0.2, 0.25) is 0 Å². The molecule has 1 heterocycles. The van der Waals surface area contributed by atoms with Gasteiger partial charge in [-0.3, -0.25) is 9.00 Å². The Hall–Kier alpha value is -2.01. The number of hydrogen-bond donors (Lipinski definition) is 0. The molecule has 4 nitrogen and oxygen atoms in total. The molecule has 5 heteroatoms. The number of rotatable bonds is 4. The summed E-state index contributed by atoms with van der Waals surface area (Å²) in [4.78, 5) is 15.8. The van der Waals surface area contributed by atoms with Gasteiger partial charge in [-0.05, 0) is 24.3 Å². The van der Waals surface area contributed by atoms with Crippen LogP contribution < -0.4 is 4.74 Å². The molecular weight excluding hydrogens is 262 g/mol. The van der Waals surface area contributed by atoms with Crippen LogP contribution in [0.25, 0.3) is 11.3 Å². The van der Waals surface area contributed by atoms with E-state index in [1.165, 1.54) is 0 Å². The molecule has 0 saturated heterocycles. The Morgan fingerprint density at radius 2 is 1.84 bits per heavy atom. The number of carbonyl (C=O) groups is 1. The second kappa shape index (κ2) is 5.75. The standard InChI is InChI=1S/C14H13NO3S/c1-18-13-8-5-11(9-16)15-14(13)10-3-6-12(7-4-10)19(2)17/h3-9H,1-2H3. The lowest BCUT2D eigenvalue weighted by molar-refractivity contribution is 0.111. The maximum absolute atomic E-state index is 11.3. The lowest BCUT2D eigenvalue weighted by Gasteiger charge is -2.08. The average molecular weight is 275 g/mol. The normalized spacial score (nSPS) is 11.9. The third-order valence-corrected chi connectivity index (χ3v) is 3.62.